The van der Waals surface area contributed by atoms with Gasteiger partial charge < -0.3 is 0 Å². The van der Waals surface area contributed by atoms with Crippen molar-refractivity contribution in [3.63, 3.8) is 0 Å². The lowest BCUT2D eigenvalue weighted by Crippen LogP contribution is -1.90. The van der Waals surface area contributed by atoms with Gasteiger partial charge in [0.25, 0.3) is 0 Å². The maximum atomic E-state index is 9.81. The molecule has 0 saturated carbocycles. The number of nitrogens with zero attached hydrogens (tertiary/aromatic N) is 1. The van der Waals surface area contributed by atoms with Crippen LogP contribution in [0.3, 0.4) is 0 Å². The second-order valence-electron chi connectivity index (χ2n) is 1.87. The summed E-state index contributed by atoms with van der Waals surface area (Å²) in [4.78, 5) is 13.4. The number of isocyanates is 1. The lowest BCUT2D eigenvalue weighted by molar-refractivity contribution is 0.566. The molecule has 0 spiro atoms. The number of hydrogen-bond donors (Lipinski definition) is 0. The molecule has 0 aliphatic heterocycles. The fraction of sp³-hybridized carbons (Fsp3) is 0. The first-order valence-corrected chi connectivity index (χ1v) is 3.42. The van der Waals surface area contributed by atoms with Gasteiger partial charge in [-0.15, -0.1) is 0 Å². The van der Waals surface area contributed by atoms with Crippen molar-refractivity contribution >= 4 is 23.3 Å². The summed E-state index contributed by atoms with van der Waals surface area (Å²) in [5.74, 6) is 0. The van der Waals surface area contributed by atoms with Crippen LogP contribution in [0.15, 0.2) is 35.3 Å². The Kier molecular flexibility index (Phi) is 2.66. The summed E-state index contributed by atoms with van der Waals surface area (Å²) >= 11 is 4.79. The van der Waals surface area contributed by atoms with Crippen LogP contribution in [0, 0.1) is 0 Å². The molecule has 0 radical (unpaired) electrons. The molecule has 0 aliphatic rings. The highest BCUT2D eigenvalue weighted by molar-refractivity contribution is 7.80. The molecular formula is C8H5NOS. The van der Waals surface area contributed by atoms with Crippen LogP contribution in [-0.4, -0.2) is 11.1 Å². The van der Waals surface area contributed by atoms with Crippen molar-refractivity contribution in [1.29, 1.82) is 0 Å². The topological polar surface area (TPSA) is 29.4 Å². The summed E-state index contributed by atoms with van der Waals surface area (Å²) in [7, 11) is 0. The van der Waals surface area contributed by atoms with E-state index in [1.807, 2.05) is 18.2 Å². The third kappa shape index (κ3) is 2.08. The molecule has 0 saturated heterocycles. The third-order valence-electron chi connectivity index (χ3n) is 1.17. The summed E-state index contributed by atoms with van der Waals surface area (Å²) < 4.78 is 0. The van der Waals surface area contributed by atoms with Crippen LogP contribution in [0.4, 0.5) is 0 Å². The molecule has 0 amide bonds. The first kappa shape index (κ1) is 7.79. The zero-order valence-corrected chi connectivity index (χ0v) is 6.47. The Morgan fingerprint density at radius 3 is 2.55 bits per heavy atom. The molecule has 1 rings (SSSR count). The monoisotopic (exact) mass is 163 g/mol. The SMILES string of the molecule is O=C=NC(=S)c1ccccc1. The summed E-state index contributed by atoms with van der Waals surface area (Å²) in [5.41, 5.74) is 0.769. The first-order chi connectivity index (χ1) is 5.34. The molecule has 54 valence electrons. The molecule has 0 N–H and O–H groups in total. The van der Waals surface area contributed by atoms with Gasteiger partial charge in [-0.3, -0.25) is 0 Å². The maximum Gasteiger partial charge on any atom is 0.241 e. The molecule has 0 heterocycles. The van der Waals surface area contributed by atoms with Crippen LogP contribution in [0.2, 0.25) is 0 Å². The van der Waals surface area contributed by atoms with Crippen molar-refractivity contribution in [3.8, 4) is 0 Å². The first-order valence-electron chi connectivity index (χ1n) is 3.02. The summed E-state index contributed by atoms with van der Waals surface area (Å²) in [5, 5.41) is 0. The molecule has 0 atom stereocenters. The fourth-order valence-corrected chi connectivity index (χ4v) is 0.860. The number of hydrogen-bond acceptors (Lipinski definition) is 2. The summed E-state index contributed by atoms with van der Waals surface area (Å²) in [6.45, 7) is 0. The number of carbonyl (C=O) groups excluding carboxylic acids is 1. The van der Waals surface area contributed by atoms with E-state index in [9.17, 15) is 4.79 Å². The van der Waals surface area contributed by atoms with E-state index < -0.39 is 0 Å². The van der Waals surface area contributed by atoms with Gasteiger partial charge in [0.2, 0.25) is 6.08 Å². The van der Waals surface area contributed by atoms with Crippen LogP contribution in [0.25, 0.3) is 0 Å². The third-order valence-corrected chi connectivity index (χ3v) is 1.49. The van der Waals surface area contributed by atoms with E-state index in [2.05, 4.69) is 4.99 Å². The molecular weight excluding hydrogens is 158 g/mol. The van der Waals surface area contributed by atoms with E-state index in [-0.39, 0.29) is 4.99 Å². The van der Waals surface area contributed by atoms with Crippen molar-refractivity contribution in [1.82, 2.24) is 0 Å². The normalized spacial score (nSPS) is 8.36. The zero-order chi connectivity index (χ0) is 8.10. The molecule has 2 nitrogen and oxygen atoms in total. The smallest absolute Gasteiger partial charge is 0.211 e. The van der Waals surface area contributed by atoms with Crippen LogP contribution < -0.4 is 0 Å². The van der Waals surface area contributed by atoms with Crippen LogP contribution in [0.1, 0.15) is 5.56 Å². The molecule has 1 aromatic carbocycles. The van der Waals surface area contributed by atoms with Crippen molar-refractivity contribution in [2.75, 3.05) is 0 Å². The van der Waals surface area contributed by atoms with Gasteiger partial charge in [0.1, 0.15) is 4.99 Å². The standard InChI is InChI=1S/C8H5NOS/c10-6-9-8(11)7-4-2-1-3-5-7/h1-5H. The van der Waals surface area contributed by atoms with Gasteiger partial charge in [-0.25, -0.2) is 4.79 Å². The van der Waals surface area contributed by atoms with Gasteiger partial charge in [-0.05, 0) is 0 Å². The van der Waals surface area contributed by atoms with Gasteiger partial charge in [-0.1, -0.05) is 42.5 Å². The van der Waals surface area contributed by atoms with Gasteiger partial charge in [0.05, 0.1) is 0 Å². The lowest BCUT2D eigenvalue weighted by atomic mass is 10.2. The highest BCUT2D eigenvalue weighted by Crippen LogP contribution is 2.00. The highest BCUT2D eigenvalue weighted by atomic mass is 32.1. The van der Waals surface area contributed by atoms with Gasteiger partial charge in [-0.2, -0.15) is 4.99 Å². The Bertz CT molecular complexity index is 301. The number of aliphatic imine (C=N–C) groups is 1. The molecule has 11 heavy (non-hydrogen) atoms. The van der Waals surface area contributed by atoms with Crippen LogP contribution in [-0.2, 0) is 4.79 Å². The van der Waals surface area contributed by atoms with Crippen molar-refractivity contribution in [2.45, 2.75) is 0 Å². The summed E-state index contributed by atoms with van der Waals surface area (Å²) in [6, 6.07) is 9.13. The van der Waals surface area contributed by atoms with E-state index >= 15 is 0 Å². The Morgan fingerprint density at radius 2 is 2.00 bits per heavy atom. The lowest BCUT2D eigenvalue weighted by Gasteiger charge is -1.92. The Labute approximate surface area is 69.6 Å². The Balaban J connectivity index is 2.94. The van der Waals surface area contributed by atoms with E-state index in [0.717, 1.165) is 5.56 Å². The minimum absolute atomic E-state index is 0.278. The van der Waals surface area contributed by atoms with Gasteiger partial charge >= 0.3 is 0 Å². The van der Waals surface area contributed by atoms with E-state index in [0.29, 0.717) is 0 Å². The van der Waals surface area contributed by atoms with E-state index in [1.165, 1.54) is 6.08 Å². The minimum Gasteiger partial charge on any atom is -0.211 e. The largest absolute Gasteiger partial charge is 0.241 e. The van der Waals surface area contributed by atoms with Gasteiger partial charge in [0.15, 0.2) is 0 Å². The van der Waals surface area contributed by atoms with Crippen LogP contribution in [0.5, 0.6) is 0 Å². The summed E-state index contributed by atoms with van der Waals surface area (Å²) in [6.07, 6.45) is 1.40. The van der Waals surface area contributed by atoms with Crippen LogP contribution >= 0.6 is 12.2 Å². The van der Waals surface area contributed by atoms with Crippen molar-refractivity contribution in [2.24, 2.45) is 4.99 Å². The minimum atomic E-state index is 0.278. The van der Waals surface area contributed by atoms with E-state index in [4.69, 9.17) is 12.2 Å². The highest BCUT2D eigenvalue weighted by Gasteiger charge is 1.94. The van der Waals surface area contributed by atoms with Crippen molar-refractivity contribution in [3.05, 3.63) is 35.9 Å². The Hall–Kier alpha value is -1.31. The average molecular weight is 163 g/mol. The number of benzene rings is 1. The predicted molar refractivity (Wildman–Crippen MR) is 46.3 cm³/mol. The van der Waals surface area contributed by atoms with Crippen molar-refractivity contribution < 1.29 is 4.79 Å². The number of rotatable bonds is 1. The average Bonchev–Trinajstić information content (AvgIpc) is 2.07. The quantitative estimate of drug-likeness (QED) is 0.358. The Morgan fingerprint density at radius 1 is 1.36 bits per heavy atom. The predicted octanol–water partition coefficient (Wildman–Crippen LogP) is 1.70. The molecule has 1 aromatic rings. The maximum absolute atomic E-state index is 9.81. The molecule has 0 fully saturated rings. The number of thiocarbonyl (C=S) groups is 1. The zero-order valence-electron chi connectivity index (χ0n) is 5.65. The van der Waals surface area contributed by atoms with Gasteiger partial charge in [0, 0.05) is 5.56 Å². The molecule has 0 aliphatic carbocycles. The second kappa shape index (κ2) is 3.76. The molecule has 0 aromatic heterocycles. The fourth-order valence-electron chi connectivity index (χ4n) is 0.687. The second-order valence-corrected chi connectivity index (χ2v) is 2.26. The van der Waals surface area contributed by atoms with E-state index in [1.54, 1.807) is 12.1 Å². The molecule has 0 bridgehead atoms. The molecule has 0 unspecified atom stereocenters. The molecule has 3 heteroatoms.